The summed E-state index contributed by atoms with van der Waals surface area (Å²) in [5, 5.41) is 0. The van der Waals surface area contributed by atoms with Crippen LogP contribution >= 0.6 is 0 Å². The number of nitrogens with two attached hydrogens (primary N) is 2. The van der Waals surface area contributed by atoms with Crippen molar-refractivity contribution in [3.63, 3.8) is 0 Å². The van der Waals surface area contributed by atoms with E-state index in [2.05, 4.69) is 29.4 Å². The molecule has 4 aromatic rings. The number of carbonyl (C=O) groups is 2. The smallest absolute Gasteiger partial charge is 0.457 e. The Balaban J connectivity index is -0.000000612. The van der Waals surface area contributed by atoms with Crippen molar-refractivity contribution >= 4 is 56.1 Å². The van der Waals surface area contributed by atoms with E-state index in [-0.39, 0.29) is 59.9 Å². The topological polar surface area (TPSA) is 305 Å². The number of hydrogen-bond acceptors (Lipinski definition) is 12. The maximum Gasteiger partial charge on any atom is 2.00 e. The summed E-state index contributed by atoms with van der Waals surface area (Å²) >= 11 is 0. The predicted octanol–water partition coefficient (Wildman–Crippen LogP) is 0.566. The minimum atomic E-state index is -3.79. The zero-order chi connectivity index (χ0) is 33.2. The molecule has 0 aliphatic carbocycles. The first-order chi connectivity index (χ1) is 20.7. The quantitative estimate of drug-likeness (QED) is 0.107. The molecule has 2 aromatic carbocycles. The summed E-state index contributed by atoms with van der Waals surface area (Å²) in [5.74, 6) is -0.186. The average molecular weight is 794 g/mol. The molecule has 0 aliphatic rings. The molecule has 21 heteroatoms. The first-order valence-corrected chi connectivity index (χ1v) is 15.0. The molecular weight excluding hydrogens is 757 g/mol. The molecule has 0 fully saturated rings. The maximum absolute atomic E-state index is 11.8. The van der Waals surface area contributed by atoms with Crippen LogP contribution in [0.1, 0.15) is 0 Å². The molecule has 0 unspecified atom stereocenters. The van der Waals surface area contributed by atoms with Crippen LogP contribution in [0.15, 0.2) is 95.2 Å². The van der Waals surface area contributed by atoms with E-state index >= 15 is 0 Å². The number of sulfonamides is 2. The van der Waals surface area contributed by atoms with Crippen LogP contribution in [0.4, 0.5) is 23.3 Å². The van der Waals surface area contributed by atoms with Crippen molar-refractivity contribution in [2.24, 2.45) is 0 Å². The number of amides is 2. The van der Waals surface area contributed by atoms with Gasteiger partial charge in [0.15, 0.2) is 0 Å². The largest absolute Gasteiger partial charge is 2.00 e. The number of hydrogen-bond donors (Lipinski definition) is 2. The Bertz CT molecular complexity index is 1510. The molecule has 0 saturated carbocycles. The Morgan fingerprint density at radius 3 is 1.04 bits per heavy atom. The van der Waals surface area contributed by atoms with Gasteiger partial charge in [-0.3, -0.25) is 19.0 Å². The maximum atomic E-state index is 11.8. The van der Waals surface area contributed by atoms with E-state index in [1.54, 1.807) is 40.3 Å². The Labute approximate surface area is 293 Å². The van der Waals surface area contributed by atoms with Crippen molar-refractivity contribution in [1.82, 2.24) is 29.7 Å². The second-order valence-electron chi connectivity index (χ2n) is 8.51. The Kier molecular flexibility index (Phi) is 23.7. The molecule has 0 spiro atoms. The first-order valence-electron chi connectivity index (χ1n) is 12.1. The molecule has 0 saturated heterocycles. The van der Waals surface area contributed by atoms with E-state index in [0.717, 1.165) is 12.8 Å². The van der Waals surface area contributed by atoms with E-state index in [0.29, 0.717) is 11.4 Å². The van der Waals surface area contributed by atoms with Crippen molar-refractivity contribution in [3.8, 4) is 0 Å². The summed E-state index contributed by atoms with van der Waals surface area (Å²) < 4.78 is 54.3. The van der Waals surface area contributed by atoms with E-state index < -0.39 is 20.0 Å². The first kappa shape index (κ1) is 46.9. The summed E-state index contributed by atoms with van der Waals surface area (Å²) in [4.78, 5) is 36.8. The van der Waals surface area contributed by atoms with Gasteiger partial charge in [0.1, 0.15) is 0 Å². The molecule has 0 bridgehead atoms. The van der Waals surface area contributed by atoms with Crippen molar-refractivity contribution in [1.29, 1.82) is 0 Å². The van der Waals surface area contributed by atoms with Gasteiger partial charge in [0, 0.05) is 51.5 Å². The Hall–Kier alpha value is -4.52. The number of carbonyl (C=O) groups excluding carboxylic acids is 2. The monoisotopic (exact) mass is 795 g/mol. The number of aromatic nitrogens is 4. The van der Waals surface area contributed by atoms with Gasteiger partial charge in [-0.1, -0.05) is 12.1 Å². The minimum absolute atomic E-state index is 0. The molecule has 4 rings (SSSR count). The van der Waals surface area contributed by atoms with Crippen LogP contribution in [0.25, 0.3) is 9.44 Å². The summed E-state index contributed by atoms with van der Waals surface area (Å²) in [6.07, 6.45) is 7.18. The third kappa shape index (κ3) is 19.6. The normalized spacial score (nSPS) is 9.45. The van der Waals surface area contributed by atoms with Gasteiger partial charge >= 0.3 is 27.3 Å². The van der Waals surface area contributed by atoms with E-state index in [4.69, 9.17) is 11.5 Å². The summed E-state index contributed by atoms with van der Waals surface area (Å²) in [7, 11) is -0.821. The molecule has 9 N–H and O–H groups in total. The molecule has 18 nitrogen and oxygen atoms in total. The predicted molar refractivity (Wildman–Crippen MR) is 174 cm³/mol. The van der Waals surface area contributed by atoms with Crippen molar-refractivity contribution in [3.05, 3.63) is 94.9 Å². The summed E-state index contributed by atoms with van der Waals surface area (Å²) in [6.45, 7) is 0. The second kappa shape index (κ2) is 23.8. The molecule has 47 heavy (non-hydrogen) atoms. The van der Waals surface area contributed by atoms with E-state index in [9.17, 15) is 26.4 Å². The van der Waals surface area contributed by atoms with Crippen LogP contribution in [-0.2, 0) is 62.4 Å². The zero-order valence-corrected chi connectivity index (χ0v) is 31.7. The van der Waals surface area contributed by atoms with Gasteiger partial charge in [0.25, 0.3) is 0 Å². The SMILES string of the molecule is CN(C)C=O.CN(C)C=O.Nc1ccc(S(=O)(=O)[N-]c2ncccn2)cc1.Nc1ccc(S(=O)(=O)[N-]c2ncccn2)cc1.O.[Cd+2].[OH3+]. The zero-order valence-electron chi connectivity index (χ0n) is 26.0. The van der Waals surface area contributed by atoms with Crippen LogP contribution in [0.2, 0.25) is 0 Å². The van der Waals surface area contributed by atoms with Crippen molar-refractivity contribution in [2.75, 3.05) is 39.7 Å². The van der Waals surface area contributed by atoms with Gasteiger partial charge in [0.2, 0.25) is 32.9 Å². The average Bonchev–Trinajstić information content (AvgIpc) is 2.99. The van der Waals surface area contributed by atoms with Crippen LogP contribution in [-0.4, -0.2) is 93.1 Å². The molecular formula is C26H37CdN10O8S2+. The van der Waals surface area contributed by atoms with Gasteiger partial charge in [0.05, 0.1) is 9.79 Å². The Morgan fingerprint density at radius 1 is 0.596 bits per heavy atom. The van der Waals surface area contributed by atoms with Crippen LogP contribution in [0.3, 0.4) is 0 Å². The van der Waals surface area contributed by atoms with Crippen LogP contribution in [0.5, 0.6) is 0 Å². The molecule has 252 valence electrons. The summed E-state index contributed by atoms with van der Waals surface area (Å²) in [6, 6.07) is 14.7. The fraction of sp³-hybridized carbons (Fsp3) is 0.154. The fourth-order valence-corrected chi connectivity index (χ4v) is 4.07. The third-order valence-corrected chi connectivity index (χ3v) is 6.83. The van der Waals surface area contributed by atoms with E-state index in [1.807, 2.05) is 0 Å². The van der Waals surface area contributed by atoms with Crippen LogP contribution in [0, 0.1) is 0 Å². The number of benzene rings is 2. The fourth-order valence-electron chi connectivity index (χ4n) is 2.28. The Morgan fingerprint density at radius 2 is 0.830 bits per heavy atom. The number of nitrogens with zero attached hydrogens (tertiary/aromatic N) is 8. The third-order valence-electron chi connectivity index (χ3n) is 4.29. The number of anilines is 2. The number of nitrogen functional groups attached to an aromatic ring is 2. The van der Waals surface area contributed by atoms with Crippen LogP contribution < -0.4 is 11.5 Å². The standard InChI is InChI=1S/2C10H9N4O2S.2C3H7NO.Cd.2H2O/c2*11-8-2-4-9(5-3-8)17(15,16)14-10-12-6-1-7-13-10;2*1-4(2)3-5;;;/h2*1-7H,11H2;2*3H,1-2H3;;2*1H2/q2*-1;;;+2;;/p+1. The van der Waals surface area contributed by atoms with E-state index in [1.165, 1.54) is 83.1 Å². The molecule has 2 amide bonds. The van der Waals surface area contributed by atoms with Gasteiger partial charge < -0.3 is 52.2 Å². The molecule has 0 aliphatic heterocycles. The molecule has 2 heterocycles. The minimum Gasteiger partial charge on any atom is -0.457 e. The molecule has 2 aromatic heterocycles. The van der Waals surface area contributed by atoms with Gasteiger partial charge in [-0.05, 0) is 73.3 Å². The summed E-state index contributed by atoms with van der Waals surface area (Å²) in [5.41, 5.74) is 11.9. The van der Waals surface area contributed by atoms with Gasteiger partial charge in [-0.15, -0.1) is 0 Å². The second-order valence-corrected chi connectivity index (χ2v) is 11.7. The van der Waals surface area contributed by atoms with Crippen molar-refractivity contribution in [2.45, 2.75) is 9.79 Å². The van der Waals surface area contributed by atoms with Gasteiger partial charge in [-0.25, -0.2) is 16.8 Å². The molecule has 0 atom stereocenters. The number of rotatable bonds is 8. The van der Waals surface area contributed by atoms with Gasteiger partial charge in [-0.2, -0.15) is 0 Å². The van der Waals surface area contributed by atoms with Crippen molar-refractivity contribution < 1.29 is 64.7 Å². The molecule has 0 radical (unpaired) electrons.